The number of carbonyl (C=O) groups is 1. The molecule has 2 aromatic rings. The average molecular weight is 299 g/mol. The van der Waals surface area contributed by atoms with E-state index >= 15 is 0 Å². The van der Waals surface area contributed by atoms with Crippen LogP contribution in [0.1, 0.15) is 11.1 Å². The summed E-state index contributed by atoms with van der Waals surface area (Å²) in [6, 6.07) is 16.5. The number of isocyanates is 1. The standard InChI is InChI=1S/C9H9NO2.C8H8O2/c1-12-9-4-2-8(3-5-9)6-10-7-11;9-8(10)6-7-4-2-1-3-5-7/h2-5H,6H2,1H3;1-5H,6H2,(H,9,10). The Kier molecular flexibility index (Phi) is 7.72. The van der Waals surface area contributed by atoms with Crippen LogP contribution in [0.4, 0.5) is 0 Å². The summed E-state index contributed by atoms with van der Waals surface area (Å²) in [6.45, 7) is 0.382. The van der Waals surface area contributed by atoms with Crippen LogP contribution >= 0.6 is 0 Å². The number of hydrogen-bond donors (Lipinski definition) is 1. The van der Waals surface area contributed by atoms with E-state index in [4.69, 9.17) is 9.84 Å². The number of aliphatic imine (C=N–C) groups is 1. The monoisotopic (exact) mass is 299 g/mol. The van der Waals surface area contributed by atoms with E-state index < -0.39 is 5.97 Å². The van der Waals surface area contributed by atoms with Crippen molar-refractivity contribution < 1.29 is 19.4 Å². The first-order valence-corrected chi connectivity index (χ1v) is 6.58. The van der Waals surface area contributed by atoms with Crippen molar-refractivity contribution in [3.8, 4) is 5.75 Å². The number of benzene rings is 2. The molecule has 2 rings (SSSR count). The van der Waals surface area contributed by atoms with Crippen LogP contribution in [0.15, 0.2) is 59.6 Å². The van der Waals surface area contributed by atoms with Crippen LogP contribution in [0, 0.1) is 0 Å². The lowest BCUT2D eigenvalue weighted by atomic mass is 10.2. The van der Waals surface area contributed by atoms with Gasteiger partial charge in [0.25, 0.3) is 0 Å². The van der Waals surface area contributed by atoms with Gasteiger partial charge >= 0.3 is 5.97 Å². The van der Waals surface area contributed by atoms with Gasteiger partial charge in [-0.1, -0.05) is 42.5 Å². The molecule has 0 heterocycles. The number of hydrogen-bond acceptors (Lipinski definition) is 4. The van der Waals surface area contributed by atoms with Gasteiger partial charge in [-0.15, -0.1) is 0 Å². The van der Waals surface area contributed by atoms with Crippen LogP contribution < -0.4 is 4.74 Å². The second-order valence-corrected chi connectivity index (χ2v) is 4.31. The highest BCUT2D eigenvalue weighted by Gasteiger charge is 1.96. The maximum Gasteiger partial charge on any atom is 0.307 e. The molecule has 114 valence electrons. The maximum absolute atomic E-state index is 10.2. The third kappa shape index (κ3) is 7.03. The zero-order valence-corrected chi connectivity index (χ0v) is 12.2. The molecular formula is C17H17NO4. The largest absolute Gasteiger partial charge is 0.497 e. The fourth-order valence-electron chi connectivity index (χ4n) is 1.62. The first-order valence-electron chi connectivity index (χ1n) is 6.58. The summed E-state index contributed by atoms with van der Waals surface area (Å²) in [5, 5.41) is 8.37. The van der Waals surface area contributed by atoms with Gasteiger partial charge < -0.3 is 9.84 Å². The minimum absolute atomic E-state index is 0.112. The fraction of sp³-hybridized carbons (Fsp3) is 0.176. The molecule has 0 saturated carbocycles. The van der Waals surface area contributed by atoms with E-state index in [0.29, 0.717) is 6.54 Å². The van der Waals surface area contributed by atoms with Gasteiger partial charge in [0, 0.05) is 0 Å². The van der Waals surface area contributed by atoms with Crippen molar-refractivity contribution in [1.29, 1.82) is 0 Å². The van der Waals surface area contributed by atoms with Crippen molar-refractivity contribution in [1.82, 2.24) is 0 Å². The molecule has 0 aromatic heterocycles. The highest BCUT2D eigenvalue weighted by atomic mass is 16.5. The normalized spacial score (nSPS) is 8.95. The molecule has 5 nitrogen and oxygen atoms in total. The Morgan fingerprint density at radius 3 is 2.23 bits per heavy atom. The molecule has 0 aliphatic carbocycles. The zero-order valence-electron chi connectivity index (χ0n) is 12.2. The number of methoxy groups -OCH3 is 1. The summed E-state index contributed by atoms with van der Waals surface area (Å²) in [4.78, 5) is 23.4. The molecule has 2 aromatic carbocycles. The van der Waals surface area contributed by atoms with Crippen molar-refractivity contribution in [3.63, 3.8) is 0 Å². The molecular weight excluding hydrogens is 282 g/mol. The molecule has 0 fully saturated rings. The predicted octanol–water partition coefficient (Wildman–Crippen LogP) is 2.84. The molecule has 0 amide bonds. The van der Waals surface area contributed by atoms with Gasteiger partial charge in [-0.3, -0.25) is 4.79 Å². The van der Waals surface area contributed by atoms with Crippen molar-refractivity contribution >= 4 is 12.0 Å². The van der Waals surface area contributed by atoms with Gasteiger partial charge in [-0.2, -0.15) is 0 Å². The minimum Gasteiger partial charge on any atom is -0.497 e. The van der Waals surface area contributed by atoms with Crippen LogP contribution in [-0.4, -0.2) is 24.3 Å². The number of ether oxygens (including phenoxy) is 1. The third-order valence-corrected chi connectivity index (χ3v) is 2.68. The molecule has 0 spiro atoms. The Morgan fingerprint density at radius 2 is 1.73 bits per heavy atom. The Balaban J connectivity index is 0.000000224. The number of nitrogens with zero attached hydrogens (tertiary/aromatic N) is 1. The van der Waals surface area contributed by atoms with Crippen molar-refractivity contribution in [2.24, 2.45) is 4.99 Å². The van der Waals surface area contributed by atoms with E-state index in [9.17, 15) is 9.59 Å². The zero-order chi connectivity index (χ0) is 16.2. The van der Waals surface area contributed by atoms with Crippen molar-refractivity contribution in [2.75, 3.05) is 7.11 Å². The van der Waals surface area contributed by atoms with Gasteiger partial charge in [-0.25, -0.2) is 9.79 Å². The van der Waals surface area contributed by atoms with Gasteiger partial charge in [-0.05, 0) is 23.3 Å². The van der Waals surface area contributed by atoms with Gasteiger partial charge in [0.1, 0.15) is 5.75 Å². The van der Waals surface area contributed by atoms with Crippen LogP contribution in [0.3, 0.4) is 0 Å². The molecule has 0 bridgehead atoms. The third-order valence-electron chi connectivity index (χ3n) is 2.68. The number of carboxylic acids is 1. The fourth-order valence-corrected chi connectivity index (χ4v) is 1.62. The van der Waals surface area contributed by atoms with Gasteiger partial charge in [0.15, 0.2) is 0 Å². The minimum atomic E-state index is -0.786. The molecule has 0 unspecified atom stereocenters. The highest BCUT2D eigenvalue weighted by Crippen LogP contribution is 2.11. The number of aliphatic carboxylic acids is 1. The highest BCUT2D eigenvalue weighted by molar-refractivity contribution is 5.70. The van der Waals surface area contributed by atoms with E-state index in [1.165, 1.54) is 6.08 Å². The van der Waals surface area contributed by atoms with E-state index in [2.05, 4.69) is 4.99 Å². The first-order chi connectivity index (χ1) is 10.7. The Bertz CT molecular complexity index is 617. The summed E-state index contributed by atoms with van der Waals surface area (Å²) in [7, 11) is 1.61. The van der Waals surface area contributed by atoms with Crippen LogP contribution in [-0.2, 0) is 22.6 Å². The van der Waals surface area contributed by atoms with E-state index in [-0.39, 0.29) is 6.42 Å². The first kappa shape index (κ1) is 17.1. The smallest absolute Gasteiger partial charge is 0.307 e. The second kappa shape index (κ2) is 9.91. The van der Waals surface area contributed by atoms with Crippen LogP contribution in [0.2, 0.25) is 0 Å². The molecule has 0 saturated heterocycles. The molecule has 5 heteroatoms. The number of carboxylic acid groups (broad SMARTS) is 1. The summed E-state index contributed by atoms with van der Waals surface area (Å²) < 4.78 is 4.97. The Hall–Kier alpha value is -2.91. The maximum atomic E-state index is 10.2. The second-order valence-electron chi connectivity index (χ2n) is 4.31. The molecule has 22 heavy (non-hydrogen) atoms. The summed E-state index contributed by atoms with van der Waals surface area (Å²) in [5.74, 6) is 0.0139. The lowest BCUT2D eigenvalue weighted by Crippen LogP contribution is -1.98. The van der Waals surface area contributed by atoms with Crippen LogP contribution in [0.25, 0.3) is 0 Å². The Morgan fingerprint density at radius 1 is 1.09 bits per heavy atom. The average Bonchev–Trinajstić information content (AvgIpc) is 2.54. The predicted molar refractivity (Wildman–Crippen MR) is 82.6 cm³/mol. The molecule has 0 aliphatic rings. The Labute approximate surface area is 128 Å². The van der Waals surface area contributed by atoms with E-state index in [1.807, 2.05) is 42.5 Å². The number of rotatable bonds is 5. The lowest BCUT2D eigenvalue weighted by molar-refractivity contribution is -0.136. The van der Waals surface area contributed by atoms with Gasteiger partial charge in [0.05, 0.1) is 20.1 Å². The van der Waals surface area contributed by atoms with Crippen LogP contribution in [0.5, 0.6) is 5.75 Å². The summed E-state index contributed by atoms with van der Waals surface area (Å²) in [5.41, 5.74) is 1.81. The van der Waals surface area contributed by atoms with Gasteiger partial charge in [0.2, 0.25) is 6.08 Å². The molecule has 0 radical (unpaired) electrons. The van der Waals surface area contributed by atoms with E-state index in [1.54, 1.807) is 19.2 Å². The summed E-state index contributed by atoms with van der Waals surface area (Å²) >= 11 is 0. The topological polar surface area (TPSA) is 76.0 Å². The van der Waals surface area contributed by atoms with Crippen molar-refractivity contribution in [3.05, 3.63) is 65.7 Å². The lowest BCUT2D eigenvalue weighted by Gasteiger charge is -1.99. The van der Waals surface area contributed by atoms with Crippen molar-refractivity contribution in [2.45, 2.75) is 13.0 Å². The molecule has 0 aliphatic heterocycles. The SMILES string of the molecule is COc1ccc(CN=C=O)cc1.O=C(O)Cc1ccccc1. The summed E-state index contributed by atoms with van der Waals surface area (Å²) in [6.07, 6.45) is 1.60. The quantitative estimate of drug-likeness (QED) is 0.680. The van der Waals surface area contributed by atoms with E-state index in [0.717, 1.165) is 16.9 Å². The number of carbonyl (C=O) groups excluding carboxylic acids is 1. The molecule has 1 N–H and O–H groups in total. The molecule has 0 atom stereocenters.